The third-order valence-electron chi connectivity index (χ3n) is 5.18. The second kappa shape index (κ2) is 11.1. The molecule has 0 saturated carbocycles. The maximum atomic E-state index is 10.9. The molecule has 0 radical (unpaired) electrons. The average molecular weight is 455 g/mol. The van der Waals surface area contributed by atoms with E-state index in [1.807, 2.05) is 60.7 Å². The van der Waals surface area contributed by atoms with Crippen molar-refractivity contribution in [2.75, 3.05) is 5.73 Å². The number of nitrogens with zero attached hydrogens (tertiary/aromatic N) is 1. The van der Waals surface area contributed by atoms with Crippen LogP contribution in [0.2, 0.25) is 0 Å². The summed E-state index contributed by atoms with van der Waals surface area (Å²) >= 11 is 3.60. The van der Waals surface area contributed by atoms with Crippen LogP contribution in [0.1, 0.15) is 41.2 Å². The van der Waals surface area contributed by atoms with Gasteiger partial charge in [0.15, 0.2) is 0 Å². The van der Waals surface area contributed by atoms with Crippen LogP contribution in [0.3, 0.4) is 0 Å². The van der Waals surface area contributed by atoms with E-state index in [4.69, 9.17) is 16.9 Å². The Labute approximate surface area is 199 Å². The molecule has 33 heavy (non-hydrogen) atoms. The van der Waals surface area contributed by atoms with E-state index in [2.05, 4.69) is 36.7 Å². The molecule has 3 rings (SSSR count). The fourth-order valence-corrected chi connectivity index (χ4v) is 3.74. The molecule has 3 aromatic carbocycles. The molecule has 0 aliphatic carbocycles. The highest BCUT2D eigenvalue weighted by Crippen LogP contribution is 2.35. The molecule has 3 aromatic rings. The van der Waals surface area contributed by atoms with Crippen LogP contribution in [-0.2, 0) is 0 Å². The minimum atomic E-state index is -0.636. The van der Waals surface area contributed by atoms with Crippen molar-refractivity contribution in [1.29, 1.82) is 5.41 Å². The van der Waals surface area contributed by atoms with Gasteiger partial charge in [-0.2, -0.15) is 4.99 Å². The van der Waals surface area contributed by atoms with Crippen LogP contribution in [0.15, 0.2) is 83.9 Å². The van der Waals surface area contributed by atoms with Crippen molar-refractivity contribution in [2.45, 2.75) is 13.3 Å². The van der Waals surface area contributed by atoms with Crippen LogP contribution in [-0.4, -0.2) is 17.3 Å². The molecular weight excluding hydrogens is 428 g/mol. The topological polar surface area (TPSA) is 105 Å². The lowest BCUT2D eigenvalue weighted by molar-refractivity contribution is 0.268. The average Bonchev–Trinajstić information content (AvgIpc) is 2.82. The third-order valence-corrected chi connectivity index (χ3v) is 5.28. The van der Waals surface area contributed by atoms with Gasteiger partial charge in [0.05, 0.1) is 0 Å². The Morgan fingerprint density at radius 3 is 2.27 bits per heavy atom. The second-order valence-electron chi connectivity index (χ2n) is 7.34. The zero-order valence-electron chi connectivity index (χ0n) is 18.3. The first-order valence-corrected chi connectivity index (χ1v) is 10.9. The summed E-state index contributed by atoms with van der Waals surface area (Å²) in [5.41, 5.74) is 19.4. The lowest BCUT2D eigenvalue weighted by Crippen LogP contribution is -2.08. The summed E-state index contributed by atoms with van der Waals surface area (Å²) in [6.07, 6.45) is 5.46. The van der Waals surface area contributed by atoms with Gasteiger partial charge >= 0.3 is 5.24 Å². The Morgan fingerprint density at radius 2 is 1.67 bits per heavy atom. The highest BCUT2D eigenvalue weighted by molar-refractivity contribution is 7.96. The molecule has 0 saturated heterocycles. The Kier molecular flexibility index (Phi) is 8.00. The van der Waals surface area contributed by atoms with E-state index in [0.29, 0.717) is 11.3 Å². The first-order chi connectivity index (χ1) is 15.9. The molecule has 0 aliphatic rings. The number of benzene rings is 3. The molecule has 5 N–H and O–H groups in total. The number of amidine groups is 1. The molecule has 0 unspecified atom stereocenters. The van der Waals surface area contributed by atoms with Gasteiger partial charge in [-0.3, -0.25) is 4.79 Å². The summed E-state index contributed by atoms with van der Waals surface area (Å²) in [4.78, 5) is 14.5. The largest absolute Gasteiger partial charge is 0.398 e. The molecule has 0 aromatic heterocycles. The van der Waals surface area contributed by atoms with Crippen LogP contribution in [0.25, 0.3) is 17.2 Å². The van der Waals surface area contributed by atoms with Crippen LogP contribution < -0.4 is 11.5 Å². The minimum absolute atomic E-state index is 0.0954. The summed E-state index contributed by atoms with van der Waals surface area (Å²) in [6, 6.07) is 24.1. The molecule has 0 atom stereocenters. The van der Waals surface area contributed by atoms with Crippen molar-refractivity contribution in [3.05, 3.63) is 107 Å². The number of thiol groups is 1. The molecule has 0 fully saturated rings. The number of nitrogens with one attached hydrogen (secondary N) is 1. The number of aliphatic imine (C=N–C) groups is 1. The predicted molar refractivity (Wildman–Crippen MR) is 143 cm³/mol. The molecule has 1 amide bonds. The van der Waals surface area contributed by atoms with Crippen LogP contribution in [0, 0.1) is 5.41 Å². The summed E-state index contributed by atoms with van der Waals surface area (Å²) < 4.78 is 0. The molecule has 0 bridgehead atoms. The summed E-state index contributed by atoms with van der Waals surface area (Å²) in [7, 11) is 0. The quantitative estimate of drug-likeness (QED) is 0.115. The standard InChI is InChI=1S/C27H26N4OS/c1-2-23(19-6-4-3-5-7-19)26(21-13-14-24(29)22(16-21)17-28)20-11-8-18(9-12-20)10-15-25(30)31-27(32)33/h3-17,28H,2,29H2,1H3,(H3,30,31,32,33)/b15-10+,26-23+,28-17?. The summed E-state index contributed by atoms with van der Waals surface area (Å²) in [5, 5.41) is 7.08. The fraction of sp³-hybridized carbons (Fsp3) is 0.0741. The van der Waals surface area contributed by atoms with Gasteiger partial charge in [-0.1, -0.05) is 86.3 Å². The molecule has 0 heterocycles. The van der Waals surface area contributed by atoms with E-state index in [1.54, 1.807) is 12.2 Å². The highest BCUT2D eigenvalue weighted by Gasteiger charge is 2.14. The molecule has 6 heteroatoms. The number of hydrogen-bond acceptors (Lipinski definition) is 3. The predicted octanol–water partition coefficient (Wildman–Crippen LogP) is 6.06. The molecule has 0 spiro atoms. The van der Waals surface area contributed by atoms with Crippen molar-refractivity contribution < 1.29 is 4.79 Å². The number of carbonyl (C=O) groups excluding carboxylic acids is 1. The van der Waals surface area contributed by atoms with Gasteiger partial charge in [-0.25, -0.2) is 0 Å². The van der Waals surface area contributed by atoms with Gasteiger partial charge in [-0.15, -0.1) is 0 Å². The van der Waals surface area contributed by atoms with E-state index in [0.717, 1.165) is 34.2 Å². The lowest BCUT2D eigenvalue weighted by Gasteiger charge is -2.17. The molecule has 0 aliphatic heterocycles. The monoisotopic (exact) mass is 454 g/mol. The Morgan fingerprint density at radius 1 is 1.00 bits per heavy atom. The number of nitrogens with two attached hydrogens (primary N) is 2. The maximum Gasteiger partial charge on any atom is 0.303 e. The van der Waals surface area contributed by atoms with Crippen LogP contribution >= 0.6 is 12.6 Å². The number of rotatable bonds is 7. The second-order valence-corrected chi connectivity index (χ2v) is 7.72. The number of allylic oxidation sites excluding steroid dienone is 1. The SMILES string of the molecule is CC/C(=C(/c1ccc(/C=C/C(N)=N/C(=O)S)cc1)c1ccc(N)c(C=N)c1)c1ccccc1. The molecular formula is C27H26N4OS. The first kappa shape index (κ1) is 23.8. The van der Waals surface area contributed by atoms with Crippen molar-refractivity contribution in [3.8, 4) is 0 Å². The van der Waals surface area contributed by atoms with Gasteiger partial charge in [0.2, 0.25) is 0 Å². The number of nitrogen functional groups attached to an aromatic ring is 1. The van der Waals surface area contributed by atoms with Gasteiger partial charge in [0.25, 0.3) is 0 Å². The van der Waals surface area contributed by atoms with E-state index in [-0.39, 0.29) is 5.84 Å². The minimum Gasteiger partial charge on any atom is -0.398 e. The normalized spacial score (nSPS) is 12.5. The lowest BCUT2D eigenvalue weighted by atomic mass is 9.87. The van der Waals surface area contributed by atoms with E-state index < -0.39 is 5.24 Å². The van der Waals surface area contributed by atoms with Crippen molar-refractivity contribution in [3.63, 3.8) is 0 Å². The van der Waals surface area contributed by atoms with E-state index in [1.165, 1.54) is 11.8 Å². The van der Waals surface area contributed by atoms with Crippen molar-refractivity contribution in [1.82, 2.24) is 0 Å². The smallest absolute Gasteiger partial charge is 0.303 e. The Balaban J connectivity index is 2.13. The van der Waals surface area contributed by atoms with Crippen molar-refractivity contribution in [2.24, 2.45) is 10.7 Å². The number of hydrogen-bond donors (Lipinski definition) is 4. The zero-order chi connectivity index (χ0) is 23.8. The number of carbonyl (C=O) groups is 1. The summed E-state index contributed by atoms with van der Waals surface area (Å²) in [5.74, 6) is 0.0954. The van der Waals surface area contributed by atoms with Gasteiger partial charge < -0.3 is 16.9 Å². The highest BCUT2D eigenvalue weighted by atomic mass is 32.1. The zero-order valence-corrected chi connectivity index (χ0v) is 19.2. The summed E-state index contributed by atoms with van der Waals surface area (Å²) in [6.45, 7) is 2.14. The first-order valence-electron chi connectivity index (χ1n) is 10.5. The van der Waals surface area contributed by atoms with Gasteiger partial charge in [-0.05, 0) is 58.0 Å². The maximum absolute atomic E-state index is 10.9. The van der Waals surface area contributed by atoms with E-state index >= 15 is 0 Å². The third kappa shape index (κ3) is 6.08. The van der Waals surface area contributed by atoms with Gasteiger partial charge in [0.1, 0.15) is 5.84 Å². The number of amides is 1. The molecule has 166 valence electrons. The Hall–Kier alpha value is -3.90. The fourth-order valence-electron chi connectivity index (χ4n) is 3.63. The van der Waals surface area contributed by atoms with Crippen LogP contribution in [0.4, 0.5) is 10.5 Å². The van der Waals surface area contributed by atoms with E-state index in [9.17, 15) is 4.79 Å². The van der Waals surface area contributed by atoms with Crippen molar-refractivity contribution >= 4 is 52.8 Å². The van der Waals surface area contributed by atoms with Crippen LogP contribution in [0.5, 0.6) is 0 Å². The number of anilines is 1. The van der Waals surface area contributed by atoms with Gasteiger partial charge in [0, 0.05) is 17.5 Å². The molecule has 5 nitrogen and oxygen atoms in total. The Bertz CT molecular complexity index is 1240.